The van der Waals surface area contributed by atoms with Gasteiger partial charge in [0.1, 0.15) is 0 Å². The highest BCUT2D eigenvalue weighted by Crippen LogP contribution is 2.15. The van der Waals surface area contributed by atoms with Gasteiger partial charge in [0.15, 0.2) is 0 Å². The van der Waals surface area contributed by atoms with Gasteiger partial charge in [-0.05, 0) is 3.12 Å². The predicted molar refractivity (Wildman–Crippen MR) is 57.4 cm³/mol. The number of carbonyl (C=O) groups excluding carboxylic acids is 1. The molecule has 108 valence electrons. The summed E-state index contributed by atoms with van der Waals surface area (Å²) in [5.41, 5.74) is 5.30. The lowest BCUT2D eigenvalue weighted by molar-refractivity contribution is 0.237. The summed E-state index contributed by atoms with van der Waals surface area (Å²) in [5.74, 6) is 0. The number of rotatable bonds is 5. The SMILES string of the molecule is NC(=O)NN(S(=O)(=O)O)S(=O)(=O)N(S)S(=O)(=O)O. The molecule has 17 heteroatoms. The fourth-order valence-corrected chi connectivity index (χ4v) is 3.84. The summed E-state index contributed by atoms with van der Waals surface area (Å²) >= 11 is 2.78. The maximum atomic E-state index is 11.3. The lowest BCUT2D eigenvalue weighted by Gasteiger charge is -2.20. The minimum Gasteiger partial charge on any atom is -0.350 e. The molecule has 0 aliphatic carbocycles. The van der Waals surface area contributed by atoms with Gasteiger partial charge in [-0.1, -0.05) is 12.8 Å². The molecule has 5 N–H and O–H groups in total. The van der Waals surface area contributed by atoms with Crippen LogP contribution >= 0.6 is 12.8 Å². The van der Waals surface area contributed by atoms with Gasteiger partial charge in [-0.3, -0.25) is 9.11 Å². The number of hydrogen-bond acceptors (Lipinski definition) is 8. The van der Waals surface area contributed by atoms with E-state index in [-0.39, 0.29) is 0 Å². The Kier molecular flexibility index (Phi) is 4.93. The minimum atomic E-state index is -5.67. The van der Waals surface area contributed by atoms with Crippen molar-refractivity contribution in [3.05, 3.63) is 0 Å². The zero-order valence-corrected chi connectivity index (χ0v) is 11.2. The highest BCUT2D eigenvalue weighted by atomic mass is 32.3. The first-order valence-corrected chi connectivity index (χ1v) is 7.85. The molecular formula is CH6N4O9S4. The molecule has 0 unspecified atom stereocenters. The number of urea groups is 1. The quantitative estimate of drug-likeness (QED) is 0.193. The van der Waals surface area contributed by atoms with Crippen LogP contribution in [0.2, 0.25) is 0 Å². The van der Waals surface area contributed by atoms with Crippen LogP contribution in [0, 0.1) is 0 Å². The lowest BCUT2D eigenvalue weighted by Crippen LogP contribution is -2.55. The van der Waals surface area contributed by atoms with Crippen molar-refractivity contribution < 1.29 is 39.2 Å². The molecule has 18 heavy (non-hydrogen) atoms. The second-order valence-corrected chi connectivity index (χ2v) is 7.87. The minimum absolute atomic E-state index is 0.893. The number of primary amides is 1. The molecule has 0 atom stereocenters. The summed E-state index contributed by atoms with van der Waals surface area (Å²) < 4.78 is 79.3. The van der Waals surface area contributed by atoms with Crippen molar-refractivity contribution in [1.29, 1.82) is 0 Å². The molecule has 0 radical (unpaired) electrons. The van der Waals surface area contributed by atoms with E-state index in [4.69, 9.17) is 9.11 Å². The number of hydrazine groups is 1. The summed E-state index contributed by atoms with van der Waals surface area (Å²) in [7, 11) is -16.8. The molecule has 0 saturated carbocycles. The molecule has 0 aromatic rings. The summed E-state index contributed by atoms with van der Waals surface area (Å²) in [5, 5.41) is 0. The number of nitrogens with one attached hydrogen (secondary N) is 1. The topological polar surface area (TPSA) is 204 Å². The maximum absolute atomic E-state index is 11.3. The molecular weight excluding hydrogens is 340 g/mol. The molecule has 0 spiro atoms. The molecule has 0 aliphatic heterocycles. The molecule has 0 rings (SSSR count). The maximum Gasteiger partial charge on any atom is 0.368 e. The Labute approximate surface area is 107 Å². The van der Waals surface area contributed by atoms with Gasteiger partial charge < -0.3 is 5.73 Å². The van der Waals surface area contributed by atoms with E-state index in [1.807, 2.05) is 0 Å². The number of nitrogens with two attached hydrogens (primary N) is 1. The van der Waals surface area contributed by atoms with Gasteiger partial charge in [0.25, 0.3) is 0 Å². The van der Waals surface area contributed by atoms with Crippen molar-refractivity contribution >= 4 is 49.7 Å². The third-order valence-electron chi connectivity index (χ3n) is 1.02. The van der Waals surface area contributed by atoms with E-state index in [2.05, 4.69) is 18.5 Å². The van der Waals surface area contributed by atoms with Gasteiger partial charge in [0.05, 0.1) is 0 Å². The standard InChI is InChI=1S/CH6N4O9S4/c2-1(6)3-4(17(9,10)11)16(7,8)5(15)18(12,13)14/h15H,(H3,2,3,6)(H,9,10,11)(H,12,13,14). The summed E-state index contributed by atoms with van der Waals surface area (Å²) in [6, 6.07) is -1.77. The van der Waals surface area contributed by atoms with E-state index in [9.17, 15) is 30.0 Å². The summed E-state index contributed by atoms with van der Waals surface area (Å²) in [6.07, 6.45) is 0. The van der Waals surface area contributed by atoms with E-state index in [1.54, 1.807) is 0 Å². The summed E-state index contributed by atoms with van der Waals surface area (Å²) in [4.78, 5) is 10.3. The van der Waals surface area contributed by atoms with Crippen LogP contribution in [0.3, 0.4) is 0 Å². The molecule has 0 aromatic carbocycles. The molecule has 2 amide bonds. The van der Waals surface area contributed by atoms with Gasteiger partial charge in [-0.15, -0.1) is 0 Å². The largest absolute Gasteiger partial charge is 0.368 e. The number of amides is 2. The van der Waals surface area contributed by atoms with Crippen LogP contribution in [0.4, 0.5) is 4.79 Å². The van der Waals surface area contributed by atoms with Crippen LogP contribution in [-0.4, -0.2) is 47.3 Å². The number of thiol groups is 1. The molecule has 0 aliphatic rings. The van der Waals surface area contributed by atoms with Crippen molar-refractivity contribution in [2.45, 2.75) is 0 Å². The van der Waals surface area contributed by atoms with Gasteiger partial charge in [-0.25, -0.2) is 10.2 Å². The van der Waals surface area contributed by atoms with Crippen molar-refractivity contribution in [2.24, 2.45) is 5.73 Å². The highest BCUT2D eigenvalue weighted by Gasteiger charge is 2.43. The average Bonchev–Trinajstić information content (AvgIpc) is 2.09. The first-order valence-electron chi connectivity index (χ1n) is 3.26. The van der Waals surface area contributed by atoms with E-state index < -0.39 is 43.8 Å². The highest BCUT2D eigenvalue weighted by molar-refractivity contribution is 8.15. The van der Waals surface area contributed by atoms with Gasteiger partial charge in [-0.2, -0.15) is 25.3 Å². The predicted octanol–water partition coefficient (Wildman–Crippen LogP) is -3.13. The number of hydrogen-bond donors (Lipinski definition) is 5. The van der Waals surface area contributed by atoms with Crippen molar-refractivity contribution in [1.82, 2.24) is 12.4 Å². The Bertz CT molecular complexity index is 628. The fourth-order valence-electron chi connectivity index (χ4n) is 0.507. The fraction of sp³-hybridized carbons (Fsp3) is 0. The van der Waals surface area contributed by atoms with Crippen molar-refractivity contribution in [3.63, 3.8) is 0 Å². The molecule has 0 heterocycles. The van der Waals surface area contributed by atoms with Crippen LogP contribution in [0.15, 0.2) is 0 Å². The Morgan fingerprint density at radius 3 is 1.67 bits per heavy atom. The van der Waals surface area contributed by atoms with Crippen molar-refractivity contribution in [2.75, 3.05) is 0 Å². The van der Waals surface area contributed by atoms with Crippen LogP contribution in [0.1, 0.15) is 0 Å². The zero-order valence-electron chi connectivity index (χ0n) is 7.90. The first kappa shape index (κ1) is 17.3. The number of carbonyl (C=O) groups is 1. The smallest absolute Gasteiger partial charge is 0.350 e. The Morgan fingerprint density at radius 2 is 1.44 bits per heavy atom. The normalized spacial score (nSPS) is 13.8. The van der Waals surface area contributed by atoms with Gasteiger partial charge in [0, 0.05) is 3.82 Å². The third kappa shape index (κ3) is 4.20. The van der Waals surface area contributed by atoms with Gasteiger partial charge >= 0.3 is 36.8 Å². The lowest BCUT2D eigenvalue weighted by atomic mass is 11.2. The number of nitrogens with zero attached hydrogens (tertiary/aromatic N) is 2. The van der Waals surface area contributed by atoms with Crippen LogP contribution in [-0.2, 0) is 30.8 Å². The van der Waals surface area contributed by atoms with Gasteiger partial charge in [0.2, 0.25) is 0 Å². The summed E-state index contributed by atoms with van der Waals surface area (Å²) in [6.45, 7) is 0. The van der Waals surface area contributed by atoms with E-state index in [1.165, 1.54) is 0 Å². The monoisotopic (exact) mass is 346 g/mol. The van der Waals surface area contributed by atoms with E-state index >= 15 is 0 Å². The van der Waals surface area contributed by atoms with E-state index in [0.717, 1.165) is 5.43 Å². The van der Waals surface area contributed by atoms with Crippen molar-refractivity contribution in [3.8, 4) is 0 Å². The van der Waals surface area contributed by atoms with Crippen LogP contribution in [0.25, 0.3) is 0 Å². The second-order valence-electron chi connectivity index (χ2n) is 2.31. The molecule has 0 aromatic heterocycles. The Hall–Kier alpha value is -0.690. The zero-order chi connectivity index (χ0) is 14.9. The third-order valence-corrected chi connectivity index (χ3v) is 6.32. The average molecular weight is 346 g/mol. The van der Waals surface area contributed by atoms with Crippen LogP contribution < -0.4 is 11.2 Å². The Balaban J connectivity index is 5.87. The second kappa shape index (κ2) is 5.13. The Morgan fingerprint density at radius 1 is 1.06 bits per heavy atom. The molecule has 0 saturated heterocycles. The molecule has 0 bridgehead atoms. The molecule has 0 fully saturated rings. The first-order chi connectivity index (χ1) is 7.70. The molecule has 13 nitrogen and oxygen atoms in total. The van der Waals surface area contributed by atoms with Crippen LogP contribution in [0.5, 0.6) is 0 Å². The van der Waals surface area contributed by atoms with E-state index in [0.29, 0.717) is 0 Å².